The molecule has 0 radical (unpaired) electrons. The van der Waals surface area contributed by atoms with Crippen LogP contribution in [0.25, 0.3) is 0 Å². The lowest BCUT2D eigenvalue weighted by molar-refractivity contribution is 0.202. The molecule has 1 fully saturated rings. The van der Waals surface area contributed by atoms with Crippen molar-refractivity contribution in [1.29, 1.82) is 0 Å². The normalized spacial score (nSPS) is 23.8. The molecule has 1 saturated carbocycles. The number of ether oxygens (including phenoxy) is 1. The van der Waals surface area contributed by atoms with E-state index in [2.05, 4.69) is 23.5 Å². The number of fused-ring (bicyclic) bond motifs is 1. The van der Waals surface area contributed by atoms with E-state index in [0.29, 0.717) is 12.6 Å². The molecule has 2 aliphatic rings. The molecule has 1 aromatic rings. The number of aliphatic hydroxyl groups excluding tert-OH is 1. The summed E-state index contributed by atoms with van der Waals surface area (Å²) in [7, 11) is 1.72. The average Bonchev–Trinajstić information content (AvgIpc) is 3.25. The minimum Gasteiger partial charge on any atom is -0.497 e. The van der Waals surface area contributed by atoms with Crippen LogP contribution in [-0.2, 0) is 6.42 Å². The number of rotatable bonds is 5. The van der Waals surface area contributed by atoms with Gasteiger partial charge in [0.25, 0.3) is 0 Å². The third kappa shape index (κ3) is 2.63. The summed E-state index contributed by atoms with van der Waals surface area (Å²) in [6.45, 7) is 1.27. The highest BCUT2D eigenvalue weighted by Gasteiger charge is 2.42. The number of methoxy groups -OCH3 is 1. The van der Waals surface area contributed by atoms with Gasteiger partial charge in [-0.15, -0.1) is 0 Å². The fraction of sp³-hybridized carbons (Fsp3) is 0.625. The van der Waals surface area contributed by atoms with Crippen molar-refractivity contribution in [3.05, 3.63) is 29.3 Å². The second kappa shape index (κ2) is 5.14. The van der Waals surface area contributed by atoms with Crippen LogP contribution in [0.4, 0.5) is 0 Å². The zero-order chi connectivity index (χ0) is 13.3. The predicted octanol–water partition coefficient (Wildman–Crippen LogP) is 2.43. The third-order valence-corrected chi connectivity index (χ3v) is 4.68. The van der Waals surface area contributed by atoms with E-state index < -0.39 is 0 Å². The highest BCUT2D eigenvalue weighted by molar-refractivity contribution is 5.39. The van der Waals surface area contributed by atoms with Gasteiger partial charge in [-0.2, -0.15) is 0 Å². The number of aryl methyl sites for hydroxylation is 1. The first-order valence-corrected chi connectivity index (χ1v) is 7.27. The van der Waals surface area contributed by atoms with Gasteiger partial charge in [-0.05, 0) is 55.4 Å². The lowest BCUT2D eigenvalue weighted by Crippen LogP contribution is -2.32. The summed E-state index contributed by atoms with van der Waals surface area (Å²) < 4.78 is 5.30. The minimum atomic E-state index is 0.185. The van der Waals surface area contributed by atoms with Gasteiger partial charge < -0.3 is 15.2 Å². The fourth-order valence-corrected chi connectivity index (χ4v) is 3.04. The summed E-state index contributed by atoms with van der Waals surface area (Å²) in [5.41, 5.74) is 3.02. The Kier molecular flexibility index (Phi) is 3.50. The van der Waals surface area contributed by atoms with Crippen LogP contribution in [-0.4, -0.2) is 25.4 Å². The first-order chi connectivity index (χ1) is 9.26. The summed E-state index contributed by atoms with van der Waals surface area (Å²) in [4.78, 5) is 0. The molecule has 0 saturated heterocycles. The van der Waals surface area contributed by atoms with E-state index in [1.54, 1.807) is 7.11 Å². The van der Waals surface area contributed by atoms with Crippen LogP contribution < -0.4 is 10.1 Å². The van der Waals surface area contributed by atoms with E-state index in [9.17, 15) is 5.11 Å². The van der Waals surface area contributed by atoms with Gasteiger partial charge in [0, 0.05) is 24.6 Å². The molecule has 2 aliphatic carbocycles. The Morgan fingerprint density at radius 2 is 2.26 bits per heavy atom. The van der Waals surface area contributed by atoms with Crippen molar-refractivity contribution in [2.75, 3.05) is 20.3 Å². The van der Waals surface area contributed by atoms with Crippen LogP contribution in [0.5, 0.6) is 5.75 Å². The number of nitrogens with one attached hydrogen (secondary N) is 1. The van der Waals surface area contributed by atoms with Crippen LogP contribution in [0.1, 0.15) is 42.9 Å². The molecule has 1 unspecified atom stereocenters. The van der Waals surface area contributed by atoms with Crippen molar-refractivity contribution in [1.82, 2.24) is 5.32 Å². The largest absolute Gasteiger partial charge is 0.497 e. The van der Waals surface area contributed by atoms with Crippen LogP contribution in [0.15, 0.2) is 18.2 Å². The molecule has 3 heteroatoms. The maximum atomic E-state index is 9.39. The van der Waals surface area contributed by atoms with Crippen molar-refractivity contribution >= 4 is 0 Å². The standard InChI is InChI=1S/C16H23NO2/c1-19-13-5-6-14-12(9-13)3-2-4-15(14)17-10-16(11-18)7-8-16/h5-6,9,15,17-18H,2-4,7-8,10-11H2,1H3. The van der Waals surface area contributed by atoms with E-state index >= 15 is 0 Å². The lowest BCUT2D eigenvalue weighted by atomic mass is 9.87. The number of hydrogen-bond donors (Lipinski definition) is 2. The van der Waals surface area contributed by atoms with Crippen molar-refractivity contribution in [2.45, 2.75) is 38.1 Å². The molecule has 3 nitrogen and oxygen atoms in total. The second-order valence-electron chi connectivity index (χ2n) is 6.05. The summed E-state index contributed by atoms with van der Waals surface area (Å²) in [5, 5.41) is 13.1. The molecule has 0 spiro atoms. The molecular formula is C16H23NO2. The first-order valence-electron chi connectivity index (χ1n) is 7.27. The molecule has 1 aromatic carbocycles. The van der Waals surface area contributed by atoms with Crippen LogP contribution in [0, 0.1) is 5.41 Å². The monoisotopic (exact) mass is 261 g/mol. The molecule has 0 aliphatic heterocycles. The second-order valence-corrected chi connectivity index (χ2v) is 6.05. The topological polar surface area (TPSA) is 41.5 Å². The number of hydrogen-bond acceptors (Lipinski definition) is 3. The predicted molar refractivity (Wildman–Crippen MR) is 75.4 cm³/mol. The molecule has 2 N–H and O–H groups in total. The van der Waals surface area contributed by atoms with Crippen LogP contribution >= 0.6 is 0 Å². The highest BCUT2D eigenvalue weighted by Crippen LogP contribution is 2.45. The van der Waals surface area contributed by atoms with Crippen molar-refractivity contribution < 1.29 is 9.84 Å². The molecular weight excluding hydrogens is 238 g/mol. The minimum absolute atomic E-state index is 0.185. The van der Waals surface area contributed by atoms with E-state index in [1.807, 2.05) is 0 Å². The summed E-state index contributed by atoms with van der Waals surface area (Å²) >= 11 is 0. The Hall–Kier alpha value is -1.06. The third-order valence-electron chi connectivity index (χ3n) is 4.68. The number of aliphatic hydroxyl groups is 1. The Bertz CT molecular complexity index is 454. The molecule has 1 atom stereocenters. The van der Waals surface area contributed by atoms with Gasteiger partial charge in [0.15, 0.2) is 0 Å². The summed E-state index contributed by atoms with van der Waals surface area (Å²) in [6.07, 6.45) is 5.90. The number of benzene rings is 1. The SMILES string of the molecule is COc1ccc2c(c1)CCCC2NCC1(CO)CC1. The van der Waals surface area contributed by atoms with Crippen LogP contribution in [0.2, 0.25) is 0 Å². The highest BCUT2D eigenvalue weighted by atomic mass is 16.5. The fourth-order valence-electron chi connectivity index (χ4n) is 3.04. The molecule has 19 heavy (non-hydrogen) atoms. The van der Waals surface area contributed by atoms with Crippen molar-refractivity contribution in [3.63, 3.8) is 0 Å². The Morgan fingerprint density at radius 3 is 2.95 bits per heavy atom. The Morgan fingerprint density at radius 1 is 1.42 bits per heavy atom. The smallest absolute Gasteiger partial charge is 0.119 e. The summed E-state index contributed by atoms with van der Waals surface area (Å²) in [5.74, 6) is 0.952. The average molecular weight is 261 g/mol. The zero-order valence-electron chi connectivity index (χ0n) is 11.6. The van der Waals surface area contributed by atoms with Gasteiger partial charge in [-0.25, -0.2) is 0 Å². The van der Waals surface area contributed by atoms with Crippen molar-refractivity contribution in [3.8, 4) is 5.75 Å². The molecule has 0 bridgehead atoms. The van der Waals surface area contributed by atoms with Gasteiger partial charge >= 0.3 is 0 Å². The van der Waals surface area contributed by atoms with Gasteiger partial charge in [0.1, 0.15) is 5.75 Å². The van der Waals surface area contributed by atoms with E-state index in [1.165, 1.54) is 36.8 Å². The van der Waals surface area contributed by atoms with E-state index in [4.69, 9.17) is 4.74 Å². The van der Waals surface area contributed by atoms with E-state index in [-0.39, 0.29) is 5.41 Å². The quantitative estimate of drug-likeness (QED) is 0.855. The van der Waals surface area contributed by atoms with Gasteiger partial charge in [0.2, 0.25) is 0 Å². The summed E-state index contributed by atoms with van der Waals surface area (Å²) in [6, 6.07) is 6.86. The van der Waals surface area contributed by atoms with Gasteiger partial charge in [-0.1, -0.05) is 6.07 Å². The van der Waals surface area contributed by atoms with Crippen LogP contribution in [0.3, 0.4) is 0 Å². The first kappa shape index (κ1) is 12.9. The molecule has 3 rings (SSSR count). The molecule has 0 heterocycles. The van der Waals surface area contributed by atoms with Gasteiger partial charge in [0.05, 0.1) is 7.11 Å². The van der Waals surface area contributed by atoms with Crippen molar-refractivity contribution in [2.24, 2.45) is 5.41 Å². The zero-order valence-corrected chi connectivity index (χ0v) is 11.6. The Balaban J connectivity index is 1.71. The van der Waals surface area contributed by atoms with Gasteiger partial charge in [-0.3, -0.25) is 0 Å². The maximum absolute atomic E-state index is 9.39. The maximum Gasteiger partial charge on any atom is 0.119 e. The Labute approximate surface area is 115 Å². The molecule has 0 amide bonds. The molecule has 104 valence electrons. The lowest BCUT2D eigenvalue weighted by Gasteiger charge is -2.28. The van der Waals surface area contributed by atoms with E-state index in [0.717, 1.165) is 18.7 Å². The molecule has 0 aromatic heterocycles.